The fourth-order valence-corrected chi connectivity index (χ4v) is 5.09. The minimum absolute atomic E-state index is 0.0922. The molecular formula is C22H28N2O4S2. The van der Waals surface area contributed by atoms with Crippen LogP contribution in [0.5, 0.6) is 5.75 Å². The lowest BCUT2D eigenvalue weighted by molar-refractivity contribution is 0.0720. The van der Waals surface area contributed by atoms with Gasteiger partial charge in [0, 0.05) is 30.1 Å². The first-order valence-corrected chi connectivity index (χ1v) is 12.8. The monoisotopic (exact) mass is 448 g/mol. The molecule has 0 spiro atoms. The molecule has 2 aromatic carbocycles. The van der Waals surface area contributed by atoms with Crippen molar-refractivity contribution < 1.29 is 17.9 Å². The number of carbonyl (C=O) groups excluding carboxylic acids is 1. The van der Waals surface area contributed by atoms with Gasteiger partial charge in [-0.2, -0.15) is 0 Å². The van der Waals surface area contributed by atoms with Crippen LogP contribution in [0.25, 0.3) is 0 Å². The van der Waals surface area contributed by atoms with E-state index in [1.54, 1.807) is 12.1 Å². The van der Waals surface area contributed by atoms with Crippen molar-refractivity contribution in [2.24, 2.45) is 0 Å². The Morgan fingerprint density at radius 1 is 1.13 bits per heavy atom. The van der Waals surface area contributed by atoms with Crippen LogP contribution in [0.4, 0.5) is 0 Å². The zero-order chi connectivity index (χ0) is 21.6. The molecule has 0 aliphatic carbocycles. The molecule has 0 atom stereocenters. The van der Waals surface area contributed by atoms with Crippen LogP contribution in [0.1, 0.15) is 42.1 Å². The van der Waals surface area contributed by atoms with E-state index in [9.17, 15) is 13.2 Å². The van der Waals surface area contributed by atoms with Gasteiger partial charge >= 0.3 is 0 Å². The van der Waals surface area contributed by atoms with Crippen LogP contribution < -0.4 is 9.46 Å². The van der Waals surface area contributed by atoms with E-state index in [-0.39, 0.29) is 17.3 Å². The molecule has 0 unspecified atom stereocenters. The highest BCUT2D eigenvalue weighted by molar-refractivity contribution is 7.98. The normalized spacial score (nSPS) is 14.5. The average molecular weight is 449 g/mol. The van der Waals surface area contributed by atoms with E-state index in [1.807, 2.05) is 42.3 Å². The molecule has 1 amide bonds. The van der Waals surface area contributed by atoms with E-state index >= 15 is 0 Å². The lowest BCUT2D eigenvalue weighted by Gasteiger charge is -2.27. The number of para-hydroxylation sites is 1. The lowest BCUT2D eigenvalue weighted by Crippen LogP contribution is -2.36. The van der Waals surface area contributed by atoms with Gasteiger partial charge < -0.3 is 9.64 Å². The number of hydrogen-bond donors (Lipinski definition) is 1. The zero-order valence-corrected chi connectivity index (χ0v) is 19.0. The number of benzene rings is 2. The van der Waals surface area contributed by atoms with Crippen LogP contribution in [0.3, 0.4) is 0 Å². The molecule has 2 aromatic rings. The number of ether oxygens (including phenoxy) is 1. The van der Waals surface area contributed by atoms with E-state index in [1.165, 1.54) is 17.8 Å². The molecule has 0 saturated carbocycles. The second-order valence-corrected chi connectivity index (χ2v) is 9.70. The number of carbonyl (C=O) groups is 1. The van der Waals surface area contributed by atoms with Crippen molar-refractivity contribution in [3.63, 3.8) is 0 Å². The highest BCUT2D eigenvalue weighted by atomic mass is 32.2. The van der Waals surface area contributed by atoms with Crippen LogP contribution in [0.2, 0.25) is 0 Å². The summed E-state index contributed by atoms with van der Waals surface area (Å²) < 4.78 is 34.1. The van der Waals surface area contributed by atoms with Crippen LogP contribution in [-0.4, -0.2) is 45.2 Å². The molecule has 0 bridgehead atoms. The van der Waals surface area contributed by atoms with Gasteiger partial charge in [-0.05, 0) is 56.7 Å². The number of thioether (sulfide) groups is 1. The van der Waals surface area contributed by atoms with E-state index in [0.29, 0.717) is 17.9 Å². The Hall–Kier alpha value is -2.03. The minimum atomic E-state index is -3.79. The first-order valence-electron chi connectivity index (χ1n) is 10.1. The van der Waals surface area contributed by atoms with Gasteiger partial charge in [0.25, 0.3) is 5.91 Å². The van der Waals surface area contributed by atoms with Crippen molar-refractivity contribution in [1.82, 2.24) is 9.62 Å². The van der Waals surface area contributed by atoms with Crippen LogP contribution in [0, 0.1) is 0 Å². The van der Waals surface area contributed by atoms with Crippen molar-refractivity contribution in [2.75, 3.05) is 26.0 Å². The van der Waals surface area contributed by atoms with Crippen LogP contribution in [0.15, 0.2) is 52.3 Å². The highest BCUT2D eigenvalue weighted by Gasteiger charge is 2.24. The summed E-state index contributed by atoms with van der Waals surface area (Å²) in [5.74, 6) is 0.555. The number of piperidine rings is 1. The predicted molar refractivity (Wildman–Crippen MR) is 120 cm³/mol. The maximum absolute atomic E-state index is 13.0. The van der Waals surface area contributed by atoms with Gasteiger partial charge in [0.1, 0.15) is 5.75 Å². The molecule has 0 radical (unpaired) electrons. The number of sulfonamides is 1. The summed E-state index contributed by atoms with van der Waals surface area (Å²) in [4.78, 5) is 15.7. The first-order chi connectivity index (χ1) is 14.5. The fourth-order valence-electron chi connectivity index (χ4n) is 3.49. The SMILES string of the molecule is CCOc1ccccc1CNS(=O)(=O)c1ccc(SC)c(C(=O)N2CCCCC2)c1. The molecule has 1 fully saturated rings. The summed E-state index contributed by atoms with van der Waals surface area (Å²) in [7, 11) is -3.79. The topological polar surface area (TPSA) is 75.7 Å². The average Bonchev–Trinajstić information content (AvgIpc) is 2.78. The Labute approximate surface area is 183 Å². The summed E-state index contributed by atoms with van der Waals surface area (Å²) >= 11 is 1.45. The molecule has 162 valence electrons. The summed E-state index contributed by atoms with van der Waals surface area (Å²) in [6.45, 7) is 3.93. The van der Waals surface area contributed by atoms with Crippen molar-refractivity contribution in [1.29, 1.82) is 0 Å². The minimum Gasteiger partial charge on any atom is -0.494 e. The molecule has 1 aliphatic heterocycles. The molecule has 1 aliphatic rings. The molecule has 1 heterocycles. The quantitative estimate of drug-likeness (QED) is 0.620. The highest BCUT2D eigenvalue weighted by Crippen LogP contribution is 2.26. The van der Waals surface area contributed by atoms with Crippen molar-refractivity contribution >= 4 is 27.7 Å². The van der Waals surface area contributed by atoms with Gasteiger partial charge in [0.15, 0.2) is 0 Å². The Morgan fingerprint density at radius 3 is 2.57 bits per heavy atom. The third kappa shape index (κ3) is 5.36. The Balaban J connectivity index is 1.83. The maximum atomic E-state index is 13.0. The molecule has 6 nitrogen and oxygen atoms in total. The number of nitrogens with one attached hydrogen (secondary N) is 1. The van der Waals surface area contributed by atoms with Crippen molar-refractivity contribution in [3.8, 4) is 5.75 Å². The fraction of sp³-hybridized carbons (Fsp3) is 0.409. The third-order valence-corrected chi connectivity index (χ3v) is 7.27. The number of amides is 1. The van der Waals surface area contributed by atoms with E-state index < -0.39 is 10.0 Å². The van der Waals surface area contributed by atoms with Gasteiger partial charge in [0.2, 0.25) is 10.0 Å². The second kappa shape index (κ2) is 10.3. The second-order valence-electron chi connectivity index (χ2n) is 7.08. The predicted octanol–water partition coefficient (Wildman–Crippen LogP) is 3.91. The number of nitrogens with zero attached hydrogens (tertiary/aromatic N) is 1. The molecule has 3 rings (SSSR count). The zero-order valence-electron chi connectivity index (χ0n) is 17.4. The van der Waals surface area contributed by atoms with Gasteiger partial charge in [0.05, 0.1) is 17.1 Å². The van der Waals surface area contributed by atoms with Gasteiger partial charge in [-0.1, -0.05) is 18.2 Å². The smallest absolute Gasteiger partial charge is 0.255 e. The standard InChI is InChI=1S/C22H28N2O4S2/c1-3-28-20-10-6-5-9-17(20)16-23-30(26,27)18-11-12-21(29-2)19(15-18)22(25)24-13-7-4-8-14-24/h5-6,9-12,15,23H,3-4,7-8,13-14,16H2,1-2H3. The summed E-state index contributed by atoms with van der Waals surface area (Å²) in [5.41, 5.74) is 1.20. The largest absolute Gasteiger partial charge is 0.494 e. The number of likely N-dealkylation sites (tertiary alicyclic amines) is 1. The molecule has 0 aromatic heterocycles. The number of hydrogen-bond acceptors (Lipinski definition) is 5. The van der Waals surface area contributed by atoms with Crippen LogP contribution in [-0.2, 0) is 16.6 Å². The molecule has 30 heavy (non-hydrogen) atoms. The Bertz CT molecular complexity index is 986. The van der Waals surface area contributed by atoms with E-state index in [2.05, 4.69) is 4.72 Å². The third-order valence-electron chi connectivity index (χ3n) is 5.08. The van der Waals surface area contributed by atoms with Gasteiger partial charge in [-0.25, -0.2) is 13.1 Å². The van der Waals surface area contributed by atoms with Crippen LogP contribution >= 0.6 is 11.8 Å². The summed E-state index contributed by atoms with van der Waals surface area (Å²) in [6, 6.07) is 12.1. The molecular weight excluding hydrogens is 420 g/mol. The molecule has 1 saturated heterocycles. The Morgan fingerprint density at radius 2 is 1.87 bits per heavy atom. The van der Waals surface area contributed by atoms with Crippen molar-refractivity contribution in [2.45, 2.75) is 42.5 Å². The van der Waals surface area contributed by atoms with E-state index in [0.717, 1.165) is 42.8 Å². The van der Waals surface area contributed by atoms with E-state index in [4.69, 9.17) is 4.74 Å². The first kappa shape index (κ1) is 22.7. The van der Waals surface area contributed by atoms with Gasteiger partial charge in [-0.15, -0.1) is 11.8 Å². The summed E-state index contributed by atoms with van der Waals surface area (Å²) in [6.07, 6.45) is 4.98. The molecule has 8 heteroatoms. The van der Waals surface area contributed by atoms with Crippen molar-refractivity contribution in [3.05, 3.63) is 53.6 Å². The lowest BCUT2D eigenvalue weighted by atomic mass is 10.1. The Kier molecular flexibility index (Phi) is 7.80. The maximum Gasteiger partial charge on any atom is 0.255 e. The molecule has 1 N–H and O–H groups in total. The van der Waals surface area contributed by atoms with Gasteiger partial charge in [-0.3, -0.25) is 4.79 Å². The summed E-state index contributed by atoms with van der Waals surface area (Å²) in [5, 5.41) is 0. The number of rotatable bonds is 8.